The van der Waals surface area contributed by atoms with Gasteiger partial charge in [0.1, 0.15) is 6.67 Å². The van der Waals surface area contributed by atoms with Crippen molar-refractivity contribution in [2.75, 3.05) is 25.2 Å². The zero-order valence-electron chi connectivity index (χ0n) is 11.7. The van der Waals surface area contributed by atoms with Crippen LogP contribution in [0.3, 0.4) is 0 Å². The van der Waals surface area contributed by atoms with Crippen molar-refractivity contribution in [2.45, 2.75) is 0 Å². The van der Waals surface area contributed by atoms with Crippen LogP contribution in [0.2, 0.25) is 0 Å². The SMILES string of the molecule is [C-]#[N+]/C(C#N)=C\c1ccc2cc(N(C)CC[18F])ccc2c1. The lowest BCUT2D eigenvalue weighted by atomic mass is 10.1. The molecule has 0 spiro atoms. The first kappa shape index (κ1) is 14.6. The van der Waals surface area contributed by atoms with Crippen molar-refractivity contribution < 1.29 is 4.39 Å². The highest BCUT2D eigenvalue weighted by Gasteiger charge is 2.03. The van der Waals surface area contributed by atoms with Crippen LogP contribution in [0.5, 0.6) is 0 Å². The Balaban J connectivity index is 2.39. The summed E-state index contributed by atoms with van der Waals surface area (Å²) in [5, 5.41) is 10.8. The van der Waals surface area contributed by atoms with Gasteiger partial charge in [-0.1, -0.05) is 18.2 Å². The van der Waals surface area contributed by atoms with E-state index in [0.717, 1.165) is 22.0 Å². The molecule has 0 saturated heterocycles. The molecule has 0 amide bonds. The number of anilines is 1. The van der Waals surface area contributed by atoms with E-state index in [1.165, 1.54) is 0 Å². The summed E-state index contributed by atoms with van der Waals surface area (Å²) in [5.74, 6) is 0. The molecule has 0 atom stereocenters. The van der Waals surface area contributed by atoms with E-state index in [4.69, 9.17) is 11.8 Å². The van der Waals surface area contributed by atoms with Crippen molar-refractivity contribution >= 4 is 22.5 Å². The van der Waals surface area contributed by atoms with E-state index in [2.05, 4.69) is 4.85 Å². The minimum absolute atomic E-state index is 0.0636. The first-order chi connectivity index (χ1) is 10.2. The number of nitriles is 1. The number of allylic oxidation sites excluding steroid dienone is 1. The Bertz CT molecular complexity index is 750. The van der Waals surface area contributed by atoms with Crippen LogP contribution in [0, 0.1) is 17.9 Å². The van der Waals surface area contributed by atoms with Crippen LogP contribution in [-0.2, 0) is 0 Å². The Hall–Kier alpha value is -2.85. The molecule has 0 unspecified atom stereocenters. The molecule has 0 aromatic heterocycles. The van der Waals surface area contributed by atoms with Gasteiger partial charge in [-0.25, -0.2) is 14.5 Å². The highest BCUT2D eigenvalue weighted by molar-refractivity contribution is 5.88. The highest BCUT2D eigenvalue weighted by atomic mass is 18.2. The second-order valence-electron chi connectivity index (χ2n) is 4.65. The molecule has 2 aromatic carbocycles. The summed E-state index contributed by atoms with van der Waals surface area (Å²) in [6.07, 6.45) is 1.57. The van der Waals surface area contributed by atoms with E-state index in [1.54, 1.807) is 6.08 Å². The Morgan fingerprint density at radius 2 is 2.05 bits per heavy atom. The van der Waals surface area contributed by atoms with Gasteiger partial charge >= 0.3 is 0 Å². The maximum absolute atomic E-state index is 12.4. The van der Waals surface area contributed by atoms with Crippen LogP contribution in [0.4, 0.5) is 10.1 Å². The first-order valence-corrected chi connectivity index (χ1v) is 6.48. The molecule has 4 heteroatoms. The number of alkyl halides is 1. The Kier molecular flexibility index (Phi) is 4.53. The van der Waals surface area contributed by atoms with Gasteiger partial charge in [-0.2, -0.15) is 0 Å². The van der Waals surface area contributed by atoms with Gasteiger partial charge in [0.25, 0.3) is 5.70 Å². The van der Waals surface area contributed by atoms with E-state index in [1.807, 2.05) is 54.4 Å². The van der Waals surface area contributed by atoms with Gasteiger partial charge in [-0.05, 0) is 40.6 Å². The van der Waals surface area contributed by atoms with Gasteiger partial charge in [-0.3, -0.25) is 0 Å². The molecule has 0 heterocycles. The summed E-state index contributed by atoms with van der Waals surface area (Å²) in [6.45, 7) is 6.87. The van der Waals surface area contributed by atoms with E-state index in [-0.39, 0.29) is 12.4 Å². The Labute approximate surface area is 123 Å². The number of fused-ring (bicyclic) bond motifs is 1. The molecule has 21 heavy (non-hydrogen) atoms. The van der Waals surface area contributed by atoms with E-state index < -0.39 is 0 Å². The largest absolute Gasteiger partial charge is 0.372 e. The molecule has 0 radical (unpaired) electrons. The minimum atomic E-state index is -0.383. The van der Waals surface area contributed by atoms with Crippen molar-refractivity contribution in [3.8, 4) is 6.07 Å². The van der Waals surface area contributed by atoms with Gasteiger partial charge < -0.3 is 4.90 Å². The summed E-state index contributed by atoms with van der Waals surface area (Å²) in [6, 6.07) is 13.5. The fraction of sp³-hybridized carbons (Fsp3) is 0.176. The third-order valence-corrected chi connectivity index (χ3v) is 3.25. The first-order valence-electron chi connectivity index (χ1n) is 6.48. The molecule has 0 aliphatic rings. The second-order valence-corrected chi connectivity index (χ2v) is 4.65. The summed E-state index contributed by atoms with van der Waals surface area (Å²) in [7, 11) is 1.85. The van der Waals surface area contributed by atoms with Crippen molar-refractivity contribution in [1.29, 1.82) is 5.26 Å². The summed E-state index contributed by atoms with van der Waals surface area (Å²) in [5.41, 5.74) is 1.84. The third kappa shape index (κ3) is 3.38. The predicted molar refractivity (Wildman–Crippen MR) is 83.4 cm³/mol. The van der Waals surface area contributed by atoms with E-state index in [0.29, 0.717) is 6.54 Å². The van der Waals surface area contributed by atoms with Crippen molar-refractivity contribution in [2.24, 2.45) is 0 Å². The zero-order valence-corrected chi connectivity index (χ0v) is 11.7. The zero-order chi connectivity index (χ0) is 15.2. The molecule has 0 saturated carbocycles. The molecule has 3 nitrogen and oxygen atoms in total. The Morgan fingerprint density at radius 1 is 1.33 bits per heavy atom. The van der Waals surface area contributed by atoms with Gasteiger partial charge in [0.2, 0.25) is 0 Å². The monoisotopic (exact) mass is 278 g/mol. The van der Waals surface area contributed by atoms with Crippen LogP contribution < -0.4 is 4.90 Å². The van der Waals surface area contributed by atoms with Gasteiger partial charge in [0, 0.05) is 19.3 Å². The number of hydrogen-bond donors (Lipinski definition) is 0. The number of hydrogen-bond acceptors (Lipinski definition) is 2. The van der Waals surface area contributed by atoms with Crippen molar-refractivity contribution in [1.82, 2.24) is 0 Å². The number of rotatable bonds is 4. The lowest BCUT2D eigenvalue weighted by molar-refractivity contribution is 0.497. The molecule has 0 bridgehead atoms. The molecule has 0 fully saturated rings. The molecule has 0 aliphatic heterocycles. The quantitative estimate of drug-likeness (QED) is 0.624. The topological polar surface area (TPSA) is 31.4 Å². The number of benzene rings is 2. The highest BCUT2D eigenvalue weighted by Crippen LogP contribution is 2.23. The predicted octanol–water partition coefficient (Wildman–Crippen LogP) is 4.03. The summed E-state index contributed by atoms with van der Waals surface area (Å²) in [4.78, 5) is 5.01. The maximum Gasteiger partial charge on any atom is 0.262 e. The minimum Gasteiger partial charge on any atom is -0.372 e. The Morgan fingerprint density at radius 3 is 2.71 bits per heavy atom. The van der Waals surface area contributed by atoms with Crippen molar-refractivity contribution in [3.63, 3.8) is 0 Å². The maximum atomic E-state index is 12.4. The molecule has 104 valence electrons. The normalized spacial score (nSPS) is 11.0. The van der Waals surface area contributed by atoms with E-state index >= 15 is 0 Å². The fourth-order valence-corrected chi connectivity index (χ4v) is 2.08. The average molecular weight is 278 g/mol. The molecular formula is C17H14FN3. The molecule has 0 aliphatic carbocycles. The van der Waals surface area contributed by atoms with Crippen LogP contribution in [0.25, 0.3) is 21.7 Å². The van der Waals surface area contributed by atoms with Gasteiger partial charge in [0.15, 0.2) is 0 Å². The number of halogens is 1. The molecular weight excluding hydrogens is 264 g/mol. The van der Waals surface area contributed by atoms with Crippen molar-refractivity contribution in [3.05, 3.63) is 59.1 Å². The standard InChI is InChI=1S/C17H14FN3/c1-20-16(12-19)10-13-3-4-15-11-17(21(2)8-7-18)6-5-14(15)9-13/h3-6,9-11H,7-8H2,2H3/b16-10-/i18-1. The fourth-order valence-electron chi connectivity index (χ4n) is 2.08. The lowest BCUT2D eigenvalue weighted by Crippen LogP contribution is -2.19. The third-order valence-electron chi connectivity index (χ3n) is 3.25. The van der Waals surface area contributed by atoms with Crippen LogP contribution in [0.15, 0.2) is 42.1 Å². The van der Waals surface area contributed by atoms with E-state index in [9.17, 15) is 4.39 Å². The van der Waals surface area contributed by atoms with Crippen LogP contribution in [-0.4, -0.2) is 20.3 Å². The molecule has 2 aromatic rings. The second kappa shape index (κ2) is 6.54. The summed E-state index contributed by atoms with van der Waals surface area (Å²) < 4.78 is 12.4. The molecule has 0 N–H and O–H groups in total. The van der Waals surface area contributed by atoms with Gasteiger partial charge in [0.05, 0.1) is 12.6 Å². The molecule has 2 rings (SSSR count). The smallest absolute Gasteiger partial charge is 0.262 e. The van der Waals surface area contributed by atoms with Gasteiger partial charge in [-0.15, -0.1) is 0 Å². The van der Waals surface area contributed by atoms with Crippen LogP contribution in [0.1, 0.15) is 5.56 Å². The lowest BCUT2D eigenvalue weighted by Gasteiger charge is -2.18. The number of nitrogens with zero attached hydrogens (tertiary/aromatic N) is 3. The summed E-state index contributed by atoms with van der Waals surface area (Å²) >= 11 is 0. The average Bonchev–Trinajstić information content (AvgIpc) is 2.52. The van der Waals surface area contributed by atoms with Crippen LogP contribution >= 0.6 is 0 Å².